The fraction of sp³-hybridized carbons (Fsp3) is 1.00. The lowest BCUT2D eigenvalue weighted by Gasteiger charge is -2.12. The van der Waals surface area contributed by atoms with E-state index in [4.69, 9.17) is 0 Å². The summed E-state index contributed by atoms with van der Waals surface area (Å²) in [6.07, 6.45) is 4.49. The van der Waals surface area contributed by atoms with Crippen LogP contribution in [0.4, 0.5) is 0 Å². The van der Waals surface area contributed by atoms with Crippen molar-refractivity contribution in [2.24, 2.45) is 0 Å². The van der Waals surface area contributed by atoms with Gasteiger partial charge in [-0.15, -0.1) is 0 Å². The Hall–Kier alpha value is -0.680. The molecule has 0 saturated heterocycles. The van der Waals surface area contributed by atoms with Crippen molar-refractivity contribution in [3.05, 3.63) is 10.1 Å². The molecule has 0 rings (SSSR count). The van der Waals surface area contributed by atoms with Gasteiger partial charge in [-0.25, -0.2) is 0 Å². The summed E-state index contributed by atoms with van der Waals surface area (Å²) in [7, 11) is 0. The molecule has 18 heavy (non-hydrogen) atoms. The van der Waals surface area contributed by atoms with Crippen LogP contribution < -0.4 is 0 Å². The third-order valence-electron chi connectivity index (χ3n) is 3.40. The molecule has 0 saturated carbocycles. The summed E-state index contributed by atoms with van der Waals surface area (Å²) in [6, 6.07) is -0.551. The van der Waals surface area contributed by atoms with Crippen molar-refractivity contribution >= 4 is 0 Å². The summed E-state index contributed by atoms with van der Waals surface area (Å²) in [5.41, 5.74) is 0. The Kier molecular flexibility index (Phi) is 9.87. The zero-order valence-electron chi connectivity index (χ0n) is 11.5. The Bertz CT molecular complexity index is 223. The van der Waals surface area contributed by atoms with Crippen LogP contribution in [-0.2, 0) is 0 Å². The minimum Gasteiger partial charge on any atom is -0.393 e. The molecule has 3 atom stereocenters. The van der Waals surface area contributed by atoms with Gasteiger partial charge in [0.15, 0.2) is 0 Å². The van der Waals surface area contributed by atoms with E-state index in [1.807, 2.05) is 13.8 Å². The maximum atomic E-state index is 10.9. The smallest absolute Gasteiger partial charge is 0.213 e. The van der Waals surface area contributed by atoms with E-state index in [1.165, 1.54) is 0 Å². The Morgan fingerprint density at radius 3 is 1.94 bits per heavy atom. The Morgan fingerprint density at radius 2 is 1.44 bits per heavy atom. The first kappa shape index (κ1) is 17.3. The highest BCUT2D eigenvalue weighted by Crippen LogP contribution is 2.15. The number of rotatable bonds is 11. The number of hydrogen-bond acceptors (Lipinski definition) is 4. The van der Waals surface area contributed by atoms with Crippen molar-refractivity contribution in [3.8, 4) is 0 Å². The van der Waals surface area contributed by atoms with E-state index in [2.05, 4.69) is 0 Å². The van der Waals surface area contributed by atoms with Gasteiger partial charge in [-0.05, 0) is 32.1 Å². The summed E-state index contributed by atoms with van der Waals surface area (Å²) in [5, 5.41) is 29.6. The Balaban J connectivity index is 3.80. The first-order valence-corrected chi connectivity index (χ1v) is 7.00. The zero-order valence-corrected chi connectivity index (χ0v) is 11.5. The molecule has 0 aliphatic carbocycles. The van der Waals surface area contributed by atoms with E-state index in [0.717, 1.165) is 25.7 Å². The van der Waals surface area contributed by atoms with Crippen LogP contribution in [0.2, 0.25) is 0 Å². The van der Waals surface area contributed by atoms with E-state index < -0.39 is 12.1 Å². The summed E-state index contributed by atoms with van der Waals surface area (Å²) < 4.78 is 0. The van der Waals surface area contributed by atoms with E-state index in [-0.39, 0.29) is 11.0 Å². The highest BCUT2D eigenvalue weighted by atomic mass is 16.6. The summed E-state index contributed by atoms with van der Waals surface area (Å²) in [5.74, 6) is 0. The molecular formula is C13H27NO4. The third-order valence-corrected chi connectivity index (χ3v) is 3.40. The standard InChI is InChI=1S/C13H27NO4/c1-3-12(15)8-6-5-7-11(14(17)18)9-10-13(16)4-2/h11-13,15-16H,3-10H2,1-2H3/t11?,12-,13-/m0/s1. The lowest BCUT2D eigenvalue weighted by molar-refractivity contribution is -0.524. The number of unbranched alkanes of at least 4 members (excludes halogenated alkanes) is 1. The van der Waals surface area contributed by atoms with Gasteiger partial charge in [-0.3, -0.25) is 10.1 Å². The minimum atomic E-state index is -0.551. The fourth-order valence-corrected chi connectivity index (χ4v) is 1.91. The predicted octanol–water partition coefficient (Wildman–Crippen LogP) is 2.51. The highest BCUT2D eigenvalue weighted by Gasteiger charge is 2.20. The van der Waals surface area contributed by atoms with Gasteiger partial charge in [0.1, 0.15) is 0 Å². The van der Waals surface area contributed by atoms with Crippen LogP contribution in [0.1, 0.15) is 65.2 Å². The van der Waals surface area contributed by atoms with Crippen LogP contribution in [-0.4, -0.2) is 33.4 Å². The molecule has 0 fully saturated rings. The van der Waals surface area contributed by atoms with Crippen LogP contribution in [0.25, 0.3) is 0 Å². The molecule has 0 spiro atoms. The second kappa shape index (κ2) is 10.3. The molecule has 0 aromatic heterocycles. The van der Waals surface area contributed by atoms with Crippen LogP contribution in [0.5, 0.6) is 0 Å². The lowest BCUT2D eigenvalue weighted by atomic mass is 10.0. The molecule has 0 amide bonds. The maximum Gasteiger partial charge on any atom is 0.213 e. The summed E-state index contributed by atoms with van der Waals surface area (Å²) in [6.45, 7) is 3.80. The Labute approximate surface area is 109 Å². The van der Waals surface area contributed by atoms with Gasteiger partial charge in [-0.2, -0.15) is 0 Å². The summed E-state index contributed by atoms with van der Waals surface area (Å²) in [4.78, 5) is 10.6. The van der Waals surface area contributed by atoms with Crippen LogP contribution in [0.15, 0.2) is 0 Å². The monoisotopic (exact) mass is 261 g/mol. The molecule has 0 bridgehead atoms. The van der Waals surface area contributed by atoms with Gasteiger partial charge in [0.25, 0.3) is 0 Å². The van der Waals surface area contributed by atoms with Crippen LogP contribution in [0, 0.1) is 10.1 Å². The average molecular weight is 261 g/mol. The molecule has 5 heteroatoms. The van der Waals surface area contributed by atoms with Gasteiger partial charge in [-0.1, -0.05) is 20.3 Å². The number of aliphatic hydroxyl groups is 2. The normalized spacial score (nSPS) is 16.2. The Morgan fingerprint density at radius 1 is 0.944 bits per heavy atom. The summed E-state index contributed by atoms with van der Waals surface area (Å²) >= 11 is 0. The van der Waals surface area contributed by atoms with Gasteiger partial charge >= 0.3 is 0 Å². The highest BCUT2D eigenvalue weighted by molar-refractivity contribution is 4.63. The molecule has 108 valence electrons. The van der Waals surface area contributed by atoms with E-state index in [9.17, 15) is 20.3 Å². The topological polar surface area (TPSA) is 83.6 Å². The van der Waals surface area contributed by atoms with Crippen molar-refractivity contribution in [3.63, 3.8) is 0 Å². The molecule has 0 aliphatic heterocycles. The molecule has 2 N–H and O–H groups in total. The third kappa shape index (κ3) is 8.42. The molecule has 0 aromatic rings. The molecular weight excluding hydrogens is 234 g/mol. The second-order valence-corrected chi connectivity index (χ2v) is 4.93. The van der Waals surface area contributed by atoms with Gasteiger partial charge < -0.3 is 10.2 Å². The van der Waals surface area contributed by atoms with E-state index in [1.54, 1.807) is 0 Å². The van der Waals surface area contributed by atoms with Crippen molar-refractivity contribution in [1.82, 2.24) is 0 Å². The van der Waals surface area contributed by atoms with Crippen molar-refractivity contribution in [2.45, 2.75) is 83.5 Å². The number of aliphatic hydroxyl groups excluding tert-OH is 2. The molecule has 1 unspecified atom stereocenters. The first-order chi connectivity index (χ1) is 8.51. The average Bonchev–Trinajstić information content (AvgIpc) is 2.36. The fourth-order valence-electron chi connectivity index (χ4n) is 1.91. The van der Waals surface area contributed by atoms with Gasteiger partial charge in [0.2, 0.25) is 6.04 Å². The first-order valence-electron chi connectivity index (χ1n) is 7.00. The quantitative estimate of drug-likeness (QED) is 0.340. The van der Waals surface area contributed by atoms with Crippen molar-refractivity contribution in [1.29, 1.82) is 0 Å². The second-order valence-electron chi connectivity index (χ2n) is 4.93. The van der Waals surface area contributed by atoms with Crippen LogP contribution >= 0.6 is 0 Å². The molecule has 0 heterocycles. The molecule has 0 aliphatic rings. The maximum absolute atomic E-state index is 10.9. The van der Waals surface area contributed by atoms with Gasteiger partial charge in [0, 0.05) is 17.8 Å². The minimum absolute atomic E-state index is 0.237. The largest absolute Gasteiger partial charge is 0.393 e. The molecule has 0 radical (unpaired) electrons. The SMILES string of the molecule is CC[C@H](O)CCCCC(CC[C@@H](O)CC)[N+](=O)[O-]. The lowest BCUT2D eigenvalue weighted by Crippen LogP contribution is -2.21. The van der Waals surface area contributed by atoms with Crippen molar-refractivity contribution in [2.75, 3.05) is 0 Å². The van der Waals surface area contributed by atoms with E-state index >= 15 is 0 Å². The van der Waals surface area contributed by atoms with Crippen molar-refractivity contribution < 1.29 is 15.1 Å². The zero-order chi connectivity index (χ0) is 14.0. The predicted molar refractivity (Wildman–Crippen MR) is 71.1 cm³/mol. The molecule has 0 aromatic carbocycles. The number of nitro groups is 1. The van der Waals surface area contributed by atoms with Crippen LogP contribution in [0.3, 0.4) is 0 Å². The molecule has 5 nitrogen and oxygen atoms in total. The number of nitrogens with zero attached hydrogens (tertiary/aromatic N) is 1. The van der Waals surface area contributed by atoms with Gasteiger partial charge in [0.05, 0.1) is 12.2 Å². The number of hydrogen-bond donors (Lipinski definition) is 2. The van der Waals surface area contributed by atoms with E-state index in [0.29, 0.717) is 25.7 Å².